The monoisotopic (exact) mass is 401 g/mol. The zero-order valence-corrected chi connectivity index (χ0v) is 16.2. The van der Waals surface area contributed by atoms with Gasteiger partial charge < -0.3 is 20.5 Å². The standard InChI is InChI=1S/C24H22N2O4/c27-21(28)15-16-25-23(29)19-11-13-20(14-12-19)26-24(30)22(17-7-3-1-4-8-17)18-9-5-2-6-10-18/h1-14,22H,15-16H2,(H,25,29)(H,26,30)(H,27,28)/p-1. The van der Waals surface area contributed by atoms with Gasteiger partial charge in [0.05, 0.1) is 5.92 Å². The van der Waals surface area contributed by atoms with Crippen molar-refractivity contribution in [1.82, 2.24) is 5.32 Å². The molecule has 0 aliphatic heterocycles. The van der Waals surface area contributed by atoms with Crippen LogP contribution in [0, 0.1) is 0 Å². The molecule has 6 heteroatoms. The molecule has 2 amide bonds. The first-order valence-electron chi connectivity index (χ1n) is 9.53. The number of benzene rings is 3. The van der Waals surface area contributed by atoms with E-state index in [-0.39, 0.29) is 24.8 Å². The van der Waals surface area contributed by atoms with E-state index in [2.05, 4.69) is 10.6 Å². The molecule has 2 N–H and O–H groups in total. The predicted octanol–water partition coefficient (Wildman–Crippen LogP) is 2.33. The van der Waals surface area contributed by atoms with Crippen molar-refractivity contribution >= 4 is 23.5 Å². The van der Waals surface area contributed by atoms with Gasteiger partial charge in [0.25, 0.3) is 5.91 Å². The van der Waals surface area contributed by atoms with Gasteiger partial charge in [-0.3, -0.25) is 9.59 Å². The van der Waals surface area contributed by atoms with Crippen LogP contribution in [0.4, 0.5) is 5.69 Å². The van der Waals surface area contributed by atoms with Gasteiger partial charge in [-0.15, -0.1) is 0 Å². The van der Waals surface area contributed by atoms with Gasteiger partial charge in [-0.05, 0) is 35.4 Å². The minimum absolute atomic E-state index is 0.00448. The number of anilines is 1. The number of carboxylic acid groups (broad SMARTS) is 1. The summed E-state index contributed by atoms with van der Waals surface area (Å²) in [4.78, 5) is 35.5. The summed E-state index contributed by atoms with van der Waals surface area (Å²) < 4.78 is 0. The summed E-state index contributed by atoms with van der Waals surface area (Å²) in [6.45, 7) is -0.00448. The number of nitrogens with one attached hydrogen (secondary N) is 2. The molecule has 3 aromatic rings. The summed E-state index contributed by atoms with van der Waals surface area (Å²) in [6.07, 6.45) is -0.250. The van der Waals surface area contributed by atoms with Crippen molar-refractivity contribution in [3.63, 3.8) is 0 Å². The highest BCUT2D eigenvalue weighted by Gasteiger charge is 2.22. The zero-order valence-electron chi connectivity index (χ0n) is 16.2. The molecule has 0 aliphatic carbocycles. The average Bonchev–Trinajstić information content (AvgIpc) is 2.75. The van der Waals surface area contributed by atoms with Crippen molar-refractivity contribution in [2.24, 2.45) is 0 Å². The number of amides is 2. The van der Waals surface area contributed by atoms with Crippen molar-refractivity contribution in [3.05, 3.63) is 102 Å². The van der Waals surface area contributed by atoms with Gasteiger partial charge in [-0.1, -0.05) is 60.7 Å². The number of hydrogen-bond donors (Lipinski definition) is 2. The van der Waals surface area contributed by atoms with Crippen LogP contribution in [-0.4, -0.2) is 24.3 Å². The van der Waals surface area contributed by atoms with Crippen LogP contribution < -0.4 is 15.7 Å². The zero-order chi connectivity index (χ0) is 21.3. The summed E-state index contributed by atoms with van der Waals surface area (Å²) in [5, 5.41) is 15.8. The van der Waals surface area contributed by atoms with Gasteiger partial charge in [-0.2, -0.15) is 0 Å². The normalized spacial score (nSPS) is 10.4. The number of carboxylic acids is 1. The summed E-state index contributed by atoms with van der Waals surface area (Å²) in [6, 6.07) is 25.5. The van der Waals surface area contributed by atoms with Gasteiger partial charge in [-0.25, -0.2) is 0 Å². The number of carbonyl (C=O) groups excluding carboxylic acids is 3. The highest BCUT2D eigenvalue weighted by atomic mass is 16.4. The lowest BCUT2D eigenvalue weighted by molar-refractivity contribution is -0.305. The van der Waals surface area contributed by atoms with Crippen LogP contribution in [0.15, 0.2) is 84.9 Å². The fourth-order valence-electron chi connectivity index (χ4n) is 3.09. The molecule has 0 saturated carbocycles. The third-order valence-electron chi connectivity index (χ3n) is 4.56. The first kappa shape index (κ1) is 20.8. The molecule has 0 spiro atoms. The molecule has 0 fully saturated rings. The Bertz CT molecular complexity index is 963. The van der Waals surface area contributed by atoms with Crippen LogP contribution in [0.1, 0.15) is 33.8 Å². The Kier molecular flexibility index (Phi) is 6.95. The molecular weight excluding hydrogens is 380 g/mol. The minimum atomic E-state index is -1.22. The van der Waals surface area contributed by atoms with E-state index in [0.717, 1.165) is 11.1 Å². The van der Waals surface area contributed by atoms with Crippen molar-refractivity contribution in [2.45, 2.75) is 12.3 Å². The maximum absolute atomic E-state index is 13.1. The molecule has 0 aliphatic rings. The van der Waals surface area contributed by atoms with Crippen LogP contribution in [0.3, 0.4) is 0 Å². The molecule has 6 nitrogen and oxygen atoms in total. The lowest BCUT2D eigenvalue weighted by atomic mass is 9.90. The number of hydrogen-bond acceptors (Lipinski definition) is 4. The molecule has 0 atom stereocenters. The highest BCUT2D eigenvalue weighted by molar-refractivity contribution is 5.99. The van der Waals surface area contributed by atoms with E-state index < -0.39 is 11.9 Å². The molecular formula is C24H21N2O4-. The van der Waals surface area contributed by atoms with E-state index in [4.69, 9.17) is 0 Å². The summed E-state index contributed by atoms with van der Waals surface area (Å²) in [5.74, 6) is -2.26. The first-order valence-corrected chi connectivity index (χ1v) is 9.53. The smallest absolute Gasteiger partial charge is 0.251 e. The van der Waals surface area contributed by atoms with E-state index >= 15 is 0 Å². The van der Waals surface area contributed by atoms with Crippen LogP contribution in [-0.2, 0) is 9.59 Å². The fraction of sp³-hybridized carbons (Fsp3) is 0.125. The third-order valence-corrected chi connectivity index (χ3v) is 4.56. The van der Waals surface area contributed by atoms with Crippen molar-refractivity contribution < 1.29 is 19.5 Å². The second-order valence-electron chi connectivity index (χ2n) is 6.70. The van der Waals surface area contributed by atoms with E-state index in [1.807, 2.05) is 60.7 Å². The Morgan fingerprint density at radius 3 is 1.80 bits per heavy atom. The van der Waals surface area contributed by atoms with Gasteiger partial charge in [0.2, 0.25) is 5.91 Å². The van der Waals surface area contributed by atoms with Crippen LogP contribution >= 0.6 is 0 Å². The van der Waals surface area contributed by atoms with Crippen molar-refractivity contribution in [2.75, 3.05) is 11.9 Å². The lowest BCUT2D eigenvalue weighted by Gasteiger charge is -2.18. The molecule has 30 heavy (non-hydrogen) atoms. The summed E-state index contributed by atoms with van der Waals surface area (Å²) in [5.41, 5.74) is 2.69. The Balaban J connectivity index is 1.72. The molecule has 3 aromatic carbocycles. The molecule has 3 rings (SSSR count). The minimum Gasteiger partial charge on any atom is -0.550 e. The molecule has 152 valence electrons. The van der Waals surface area contributed by atoms with E-state index in [9.17, 15) is 19.5 Å². The second-order valence-corrected chi connectivity index (χ2v) is 6.70. The molecule has 0 aromatic heterocycles. The Morgan fingerprint density at radius 1 is 0.767 bits per heavy atom. The van der Waals surface area contributed by atoms with Crippen LogP contribution in [0.5, 0.6) is 0 Å². The summed E-state index contributed by atoms with van der Waals surface area (Å²) in [7, 11) is 0. The maximum Gasteiger partial charge on any atom is 0.251 e. The van der Waals surface area contributed by atoms with Crippen molar-refractivity contribution in [1.29, 1.82) is 0 Å². The maximum atomic E-state index is 13.1. The van der Waals surface area contributed by atoms with Gasteiger partial charge in [0.15, 0.2) is 0 Å². The largest absolute Gasteiger partial charge is 0.550 e. The van der Waals surface area contributed by atoms with Gasteiger partial charge in [0.1, 0.15) is 0 Å². The number of rotatable bonds is 8. The van der Waals surface area contributed by atoms with Crippen LogP contribution in [0.25, 0.3) is 0 Å². The summed E-state index contributed by atoms with van der Waals surface area (Å²) >= 11 is 0. The number of carbonyl (C=O) groups is 3. The second kappa shape index (κ2) is 10.0. The van der Waals surface area contributed by atoms with Gasteiger partial charge in [0, 0.05) is 30.2 Å². The fourth-order valence-corrected chi connectivity index (χ4v) is 3.09. The Labute approximate surface area is 174 Å². The highest BCUT2D eigenvalue weighted by Crippen LogP contribution is 2.26. The molecule has 0 heterocycles. The van der Waals surface area contributed by atoms with E-state index in [0.29, 0.717) is 11.3 Å². The SMILES string of the molecule is O=C([O-])CCNC(=O)c1ccc(NC(=O)C(c2ccccc2)c2ccccc2)cc1. The molecule has 0 bridgehead atoms. The topological polar surface area (TPSA) is 98.3 Å². The molecule has 0 radical (unpaired) electrons. The van der Waals surface area contributed by atoms with E-state index in [1.165, 1.54) is 0 Å². The number of aliphatic carboxylic acids is 1. The Morgan fingerprint density at radius 2 is 1.30 bits per heavy atom. The quantitative estimate of drug-likeness (QED) is 0.605. The average molecular weight is 401 g/mol. The Hall–Kier alpha value is -3.93. The molecule has 0 unspecified atom stereocenters. The van der Waals surface area contributed by atoms with E-state index in [1.54, 1.807) is 24.3 Å². The molecule has 0 saturated heterocycles. The van der Waals surface area contributed by atoms with Crippen molar-refractivity contribution in [3.8, 4) is 0 Å². The predicted molar refractivity (Wildman–Crippen MR) is 112 cm³/mol. The lowest BCUT2D eigenvalue weighted by Crippen LogP contribution is -2.31. The van der Waals surface area contributed by atoms with Crippen LogP contribution in [0.2, 0.25) is 0 Å². The first-order chi connectivity index (χ1) is 14.5. The third kappa shape index (κ3) is 5.54. The van der Waals surface area contributed by atoms with Gasteiger partial charge >= 0.3 is 0 Å².